The quantitative estimate of drug-likeness (QED) is 0.472. The number of nitrogens with zero attached hydrogens (tertiary/aromatic N) is 2. The number of methoxy groups -OCH3 is 1. The minimum Gasteiger partial charge on any atom is -0.495 e. The zero-order chi connectivity index (χ0) is 25.3. The summed E-state index contributed by atoms with van der Waals surface area (Å²) >= 11 is 6.09. The summed E-state index contributed by atoms with van der Waals surface area (Å²) in [5, 5.41) is 3.28. The molecule has 0 bridgehead atoms. The molecule has 0 saturated carbocycles. The van der Waals surface area contributed by atoms with Crippen molar-refractivity contribution in [3.8, 4) is 5.75 Å². The third-order valence-electron chi connectivity index (χ3n) is 5.27. The van der Waals surface area contributed by atoms with Crippen LogP contribution in [0.5, 0.6) is 5.75 Å². The van der Waals surface area contributed by atoms with Crippen molar-refractivity contribution in [1.29, 1.82) is 0 Å². The van der Waals surface area contributed by atoms with Crippen LogP contribution in [0.2, 0.25) is 5.02 Å². The van der Waals surface area contributed by atoms with Gasteiger partial charge in [-0.05, 0) is 50.1 Å². The highest BCUT2D eigenvalue weighted by Crippen LogP contribution is 2.29. The molecule has 0 aliphatic heterocycles. The molecule has 10 heteroatoms. The lowest BCUT2D eigenvalue weighted by Gasteiger charge is -2.29. The number of halogens is 1. The van der Waals surface area contributed by atoms with Crippen molar-refractivity contribution < 1.29 is 22.7 Å². The first-order chi connectivity index (χ1) is 16.1. The van der Waals surface area contributed by atoms with Gasteiger partial charge in [-0.1, -0.05) is 35.9 Å². The Labute approximate surface area is 206 Å². The number of carbonyl (C=O) groups is 2. The van der Waals surface area contributed by atoms with Crippen LogP contribution in [-0.2, 0) is 26.2 Å². The van der Waals surface area contributed by atoms with Gasteiger partial charge in [0.2, 0.25) is 21.8 Å². The molecule has 1 atom stereocenters. The van der Waals surface area contributed by atoms with Crippen molar-refractivity contribution >= 4 is 39.1 Å². The number of amides is 2. The van der Waals surface area contributed by atoms with Gasteiger partial charge in [0.15, 0.2) is 0 Å². The fourth-order valence-electron chi connectivity index (χ4n) is 3.55. The minimum absolute atomic E-state index is 0.0610. The molecule has 0 aliphatic rings. The van der Waals surface area contributed by atoms with E-state index in [4.69, 9.17) is 16.3 Å². The molecule has 186 valence electrons. The zero-order valence-corrected chi connectivity index (χ0v) is 21.5. The number of sulfonamides is 1. The number of anilines is 1. The fraction of sp³-hybridized carbons (Fsp3) is 0.417. The van der Waals surface area contributed by atoms with E-state index in [1.165, 1.54) is 16.3 Å². The molecule has 2 amide bonds. The Morgan fingerprint density at radius 1 is 1.15 bits per heavy atom. The van der Waals surface area contributed by atoms with Gasteiger partial charge in [-0.15, -0.1) is 0 Å². The average Bonchev–Trinajstić information content (AvgIpc) is 2.79. The minimum atomic E-state index is -3.61. The van der Waals surface area contributed by atoms with Crippen LogP contribution >= 0.6 is 11.6 Å². The van der Waals surface area contributed by atoms with Crippen LogP contribution in [0.3, 0.4) is 0 Å². The van der Waals surface area contributed by atoms with Crippen LogP contribution in [0.4, 0.5) is 5.69 Å². The van der Waals surface area contributed by atoms with Crippen molar-refractivity contribution in [3.05, 3.63) is 59.1 Å². The second kappa shape index (κ2) is 12.6. The molecule has 8 nitrogen and oxygen atoms in total. The number of benzene rings is 2. The topological polar surface area (TPSA) is 96.0 Å². The van der Waals surface area contributed by atoms with Crippen LogP contribution in [0.25, 0.3) is 0 Å². The Hall–Kier alpha value is -2.78. The third kappa shape index (κ3) is 7.63. The number of rotatable bonds is 12. The molecule has 0 heterocycles. The van der Waals surface area contributed by atoms with Crippen LogP contribution in [0, 0.1) is 0 Å². The monoisotopic (exact) mass is 509 g/mol. The number of hydrogen-bond acceptors (Lipinski definition) is 5. The van der Waals surface area contributed by atoms with Crippen LogP contribution < -0.4 is 14.4 Å². The summed E-state index contributed by atoms with van der Waals surface area (Å²) in [6.45, 7) is 4.23. The van der Waals surface area contributed by atoms with Crippen LogP contribution in [0.15, 0.2) is 48.5 Å². The van der Waals surface area contributed by atoms with Crippen LogP contribution in [-0.4, -0.2) is 57.6 Å². The summed E-state index contributed by atoms with van der Waals surface area (Å²) in [6.07, 6.45) is 1.44. The summed E-state index contributed by atoms with van der Waals surface area (Å²) in [5.41, 5.74) is 1.20. The number of ether oxygens (including phenoxy) is 1. The molecule has 0 saturated heterocycles. The maximum atomic E-state index is 13.2. The van der Waals surface area contributed by atoms with Gasteiger partial charge in [-0.3, -0.25) is 13.9 Å². The normalized spacial score (nSPS) is 12.0. The Morgan fingerprint density at radius 2 is 1.85 bits per heavy atom. The molecule has 0 aliphatic carbocycles. The Morgan fingerprint density at radius 3 is 2.47 bits per heavy atom. The molecule has 0 unspecified atom stereocenters. The molecule has 34 heavy (non-hydrogen) atoms. The van der Waals surface area contributed by atoms with E-state index in [2.05, 4.69) is 5.32 Å². The van der Waals surface area contributed by atoms with E-state index in [-0.39, 0.29) is 37.7 Å². The van der Waals surface area contributed by atoms with Gasteiger partial charge in [-0.2, -0.15) is 0 Å². The summed E-state index contributed by atoms with van der Waals surface area (Å²) in [6, 6.07) is 13.2. The van der Waals surface area contributed by atoms with Crippen molar-refractivity contribution in [1.82, 2.24) is 10.2 Å². The SMILES string of the molecule is CCNC(=O)[C@@H](C)N(Cc1cccc(Cl)c1)C(=O)CCCN(c1ccccc1OC)S(C)(=O)=O. The number of likely N-dealkylation sites (N-methyl/N-ethyl adjacent to an activating group) is 1. The van der Waals surface area contributed by atoms with Gasteiger partial charge >= 0.3 is 0 Å². The maximum absolute atomic E-state index is 13.2. The van der Waals surface area contributed by atoms with E-state index in [1.54, 1.807) is 49.4 Å². The van der Waals surface area contributed by atoms with E-state index >= 15 is 0 Å². The van der Waals surface area contributed by atoms with Gasteiger partial charge in [0.25, 0.3) is 0 Å². The number of carbonyl (C=O) groups excluding carboxylic acids is 2. The first-order valence-electron chi connectivity index (χ1n) is 11.0. The van der Waals surface area contributed by atoms with Gasteiger partial charge in [0.1, 0.15) is 11.8 Å². The standard InChI is InChI=1S/C24H32ClN3O5S/c1-5-26-24(30)18(2)27(17-19-10-8-11-20(25)16-19)23(29)14-9-15-28(34(4,31)32)21-12-6-7-13-22(21)33-3/h6-8,10-13,16,18H,5,9,14-15,17H2,1-4H3,(H,26,30)/t18-/m1/s1. The highest BCUT2D eigenvalue weighted by molar-refractivity contribution is 7.92. The fourth-order valence-corrected chi connectivity index (χ4v) is 4.74. The molecule has 2 aromatic carbocycles. The molecule has 0 fully saturated rings. The van der Waals surface area contributed by atoms with E-state index in [9.17, 15) is 18.0 Å². The lowest BCUT2D eigenvalue weighted by atomic mass is 10.1. The lowest BCUT2D eigenvalue weighted by molar-refractivity contribution is -0.140. The second-order valence-corrected chi connectivity index (χ2v) is 10.2. The van der Waals surface area contributed by atoms with Gasteiger partial charge in [-0.25, -0.2) is 8.42 Å². The highest BCUT2D eigenvalue weighted by Gasteiger charge is 2.27. The molecule has 0 spiro atoms. The predicted octanol–water partition coefficient (Wildman–Crippen LogP) is 3.45. The van der Waals surface area contributed by atoms with Gasteiger partial charge in [0.05, 0.1) is 19.1 Å². The second-order valence-electron chi connectivity index (χ2n) is 7.83. The Bertz CT molecular complexity index is 1090. The summed E-state index contributed by atoms with van der Waals surface area (Å²) in [7, 11) is -2.14. The smallest absolute Gasteiger partial charge is 0.242 e. The lowest BCUT2D eigenvalue weighted by Crippen LogP contribution is -2.47. The predicted molar refractivity (Wildman–Crippen MR) is 135 cm³/mol. The summed E-state index contributed by atoms with van der Waals surface area (Å²) < 4.78 is 31.5. The van der Waals surface area contributed by atoms with E-state index in [1.807, 2.05) is 13.0 Å². The molecule has 2 aromatic rings. The number of nitrogens with one attached hydrogen (secondary N) is 1. The van der Waals surface area contributed by atoms with E-state index < -0.39 is 16.1 Å². The number of hydrogen-bond donors (Lipinski definition) is 1. The van der Waals surface area contributed by atoms with Crippen molar-refractivity contribution in [2.24, 2.45) is 0 Å². The van der Waals surface area contributed by atoms with Crippen molar-refractivity contribution in [2.45, 2.75) is 39.3 Å². The van der Waals surface area contributed by atoms with Crippen molar-refractivity contribution in [2.75, 3.05) is 30.8 Å². The molecule has 0 aromatic heterocycles. The first-order valence-corrected chi connectivity index (χ1v) is 13.2. The zero-order valence-electron chi connectivity index (χ0n) is 20.0. The van der Waals surface area contributed by atoms with E-state index in [0.29, 0.717) is 23.0 Å². The number of para-hydroxylation sites is 2. The van der Waals surface area contributed by atoms with E-state index in [0.717, 1.165) is 11.8 Å². The summed E-state index contributed by atoms with van der Waals surface area (Å²) in [4.78, 5) is 27.2. The molecule has 0 radical (unpaired) electrons. The van der Waals surface area contributed by atoms with Crippen LogP contribution in [0.1, 0.15) is 32.3 Å². The van der Waals surface area contributed by atoms with Gasteiger partial charge in [0, 0.05) is 31.1 Å². The van der Waals surface area contributed by atoms with Crippen molar-refractivity contribution in [3.63, 3.8) is 0 Å². The Balaban J connectivity index is 2.18. The largest absolute Gasteiger partial charge is 0.495 e. The Kier molecular flexibility index (Phi) is 10.2. The highest BCUT2D eigenvalue weighted by atomic mass is 35.5. The summed E-state index contributed by atoms with van der Waals surface area (Å²) in [5.74, 6) is -0.0939. The molecular weight excluding hydrogens is 478 g/mol. The first kappa shape index (κ1) is 27.5. The van der Waals surface area contributed by atoms with Gasteiger partial charge < -0.3 is 15.0 Å². The third-order valence-corrected chi connectivity index (χ3v) is 6.68. The molecule has 1 N–H and O–H groups in total. The average molecular weight is 510 g/mol. The maximum Gasteiger partial charge on any atom is 0.242 e. The molecular formula is C24H32ClN3O5S. The molecule has 2 rings (SSSR count).